The van der Waals surface area contributed by atoms with E-state index in [2.05, 4.69) is 31.9 Å². The molecular weight excluding hydrogens is 464 g/mol. The minimum atomic E-state index is -0.870. The number of aromatic carboxylic acids is 2. The molecule has 0 aliphatic carbocycles. The van der Waals surface area contributed by atoms with Crippen LogP contribution in [0.5, 0.6) is 0 Å². The monoisotopic (exact) mass is 468 g/mol. The summed E-state index contributed by atoms with van der Waals surface area (Å²) in [5, 5.41) is 16.8. The third-order valence-corrected chi connectivity index (χ3v) is 4.79. The van der Waals surface area contributed by atoms with E-state index in [0.29, 0.717) is 9.75 Å². The first-order valence-electron chi connectivity index (χ1n) is 4.37. The predicted octanol–water partition coefficient (Wildman–Crippen LogP) is 4.42. The molecule has 2 rings (SSSR count). The Morgan fingerprint density at radius 1 is 0.842 bits per heavy atom. The molecule has 0 saturated carbocycles. The largest absolute Gasteiger partial charge is 0.477 e. The van der Waals surface area contributed by atoms with E-state index in [0.717, 1.165) is 7.57 Å². The maximum absolute atomic E-state index is 10.2. The van der Waals surface area contributed by atoms with Crippen molar-refractivity contribution in [2.75, 3.05) is 0 Å². The predicted molar refractivity (Wildman–Crippen MR) is 78.0 cm³/mol. The fraction of sp³-hybridized carbons (Fsp3) is 0. The van der Waals surface area contributed by atoms with Crippen LogP contribution in [0.25, 0.3) is 0 Å². The summed E-state index contributed by atoms with van der Waals surface area (Å²) in [6.45, 7) is 0. The molecule has 0 atom stereocenters. The third-order valence-electron chi connectivity index (χ3n) is 1.57. The van der Waals surface area contributed by atoms with Crippen molar-refractivity contribution in [1.29, 1.82) is 0 Å². The molecule has 0 bridgehead atoms. The van der Waals surface area contributed by atoms with Crippen LogP contribution in [-0.4, -0.2) is 22.2 Å². The maximum Gasteiger partial charge on any atom is 0.345 e. The molecule has 2 aromatic rings. The molecule has 19 heavy (non-hydrogen) atoms. The van der Waals surface area contributed by atoms with E-state index in [1.807, 2.05) is 0 Å². The Labute approximate surface area is 144 Å². The van der Waals surface area contributed by atoms with Gasteiger partial charge in [0.05, 0.1) is 7.57 Å². The van der Waals surface area contributed by atoms with Crippen LogP contribution in [-0.2, 0) is 17.1 Å². The molecule has 0 spiro atoms. The van der Waals surface area contributed by atoms with Crippen LogP contribution >= 0.6 is 54.5 Å². The minimum Gasteiger partial charge on any atom is -0.477 e. The average molecular weight is 470 g/mol. The summed E-state index contributed by atoms with van der Waals surface area (Å²) in [6, 6.07) is 6.57. The van der Waals surface area contributed by atoms with Crippen molar-refractivity contribution in [2.45, 2.75) is 0 Å². The smallest absolute Gasteiger partial charge is 0.345 e. The summed E-state index contributed by atoms with van der Waals surface area (Å²) in [6.07, 6.45) is 0. The molecule has 0 unspecified atom stereocenters. The molecule has 2 N–H and O–H groups in total. The fourth-order valence-corrected chi connectivity index (χ4v) is 3.31. The Morgan fingerprint density at radius 3 is 1.26 bits per heavy atom. The SMILES string of the molecule is O=C(O)c1ccc(Br)s1.O=C(O)c1ccc(Br)s1.[Fe]. The second-order valence-electron chi connectivity index (χ2n) is 2.82. The zero-order chi connectivity index (χ0) is 13.7. The van der Waals surface area contributed by atoms with Gasteiger partial charge in [-0.1, -0.05) is 0 Å². The summed E-state index contributed by atoms with van der Waals surface area (Å²) in [4.78, 5) is 21.1. The van der Waals surface area contributed by atoms with Crippen molar-refractivity contribution in [1.82, 2.24) is 0 Å². The van der Waals surface area contributed by atoms with Gasteiger partial charge in [0, 0.05) is 17.1 Å². The van der Waals surface area contributed by atoms with Crippen LogP contribution in [0.3, 0.4) is 0 Å². The van der Waals surface area contributed by atoms with Crippen LogP contribution in [0.1, 0.15) is 19.3 Å². The van der Waals surface area contributed by atoms with Crippen LogP contribution in [0.15, 0.2) is 31.8 Å². The Hall–Kier alpha value is -0.181. The summed E-state index contributed by atoms with van der Waals surface area (Å²) < 4.78 is 1.69. The summed E-state index contributed by atoms with van der Waals surface area (Å²) in [7, 11) is 0. The maximum atomic E-state index is 10.2. The molecule has 9 heteroatoms. The number of halogens is 2. The molecule has 0 aliphatic heterocycles. The molecule has 0 radical (unpaired) electrons. The number of hydrogen-bond donors (Lipinski definition) is 2. The van der Waals surface area contributed by atoms with E-state index in [9.17, 15) is 9.59 Å². The van der Waals surface area contributed by atoms with Crippen molar-refractivity contribution < 1.29 is 36.9 Å². The Balaban J connectivity index is 0.000000324. The van der Waals surface area contributed by atoms with E-state index in [4.69, 9.17) is 10.2 Å². The van der Waals surface area contributed by atoms with Gasteiger partial charge in [0.25, 0.3) is 0 Å². The van der Waals surface area contributed by atoms with E-state index >= 15 is 0 Å². The van der Waals surface area contributed by atoms with Crippen LogP contribution < -0.4 is 0 Å². The van der Waals surface area contributed by atoms with Gasteiger partial charge in [0.15, 0.2) is 0 Å². The van der Waals surface area contributed by atoms with Crippen LogP contribution in [0.4, 0.5) is 0 Å². The van der Waals surface area contributed by atoms with Gasteiger partial charge in [-0.15, -0.1) is 22.7 Å². The van der Waals surface area contributed by atoms with Crippen molar-refractivity contribution in [3.63, 3.8) is 0 Å². The molecule has 2 aromatic heterocycles. The normalized spacial score (nSPS) is 8.95. The zero-order valence-corrected chi connectivity index (χ0v) is 14.9. The first kappa shape index (κ1) is 18.8. The molecule has 2 heterocycles. The van der Waals surface area contributed by atoms with Gasteiger partial charge in [-0.3, -0.25) is 0 Å². The van der Waals surface area contributed by atoms with Gasteiger partial charge >= 0.3 is 11.9 Å². The summed E-state index contributed by atoms with van der Waals surface area (Å²) in [5.41, 5.74) is 0. The van der Waals surface area contributed by atoms with Crippen molar-refractivity contribution in [2.24, 2.45) is 0 Å². The van der Waals surface area contributed by atoms with Gasteiger partial charge in [0.2, 0.25) is 0 Å². The van der Waals surface area contributed by atoms with E-state index < -0.39 is 11.9 Å². The van der Waals surface area contributed by atoms with Crippen molar-refractivity contribution in [3.05, 3.63) is 41.6 Å². The van der Waals surface area contributed by atoms with Gasteiger partial charge < -0.3 is 10.2 Å². The summed E-state index contributed by atoms with van der Waals surface area (Å²) >= 11 is 8.74. The average Bonchev–Trinajstić information content (AvgIpc) is 2.88. The minimum absolute atomic E-state index is 0. The number of carboxylic acids is 2. The Bertz CT molecular complexity index is 517. The third kappa shape index (κ3) is 6.69. The van der Waals surface area contributed by atoms with Gasteiger partial charge in [0.1, 0.15) is 9.75 Å². The number of hydrogen-bond acceptors (Lipinski definition) is 4. The van der Waals surface area contributed by atoms with Crippen molar-refractivity contribution >= 4 is 66.5 Å². The van der Waals surface area contributed by atoms with E-state index in [1.165, 1.54) is 22.7 Å². The van der Waals surface area contributed by atoms with Crippen LogP contribution in [0.2, 0.25) is 0 Å². The number of rotatable bonds is 2. The van der Waals surface area contributed by atoms with Crippen LogP contribution in [0, 0.1) is 0 Å². The molecule has 0 aliphatic rings. The second kappa shape index (κ2) is 8.88. The molecule has 104 valence electrons. The molecule has 0 amide bonds. The van der Waals surface area contributed by atoms with Crippen molar-refractivity contribution in [3.8, 4) is 0 Å². The number of carbonyl (C=O) groups is 2. The van der Waals surface area contributed by atoms with Gasteiger partial charge in [-0.2, -0.15) is 0 Å². The first-order chi connectivity index (χ1) is 8.40. The first-order valence-corrected chi connectivity index (χ1v) is 7.59. The number of carboxylic acid groups (broad SMARTS) is 2. The van der Waals surface area contributed by atoms with E-state index in [-0.39, 0.29) is 17.1 Å². The Kier molecular flexibility index (Phi) is 8.80. The van der Waals surface area contributed by atoms with Gasteiger partial charge in [-0.25, -0.2) is 9.59 Å². The number of thiophene rings is 2. The molecular formula is C10H6Br2FeO4S2. The molecule has 0 saturated heterocycles. The second-order valence-corrected chi connectivity index (χ2v) is 7.74. The standard InChI is InChI=1S/2C5H3BrO2S.Fe/c2*6-4-2-1-3(9-4)5(7)8;/h2*1-2H,(H,7,8);. The quantitative estimate of drug-likeness (QED) is 0.639. The van der Waals surface area contributed by atoms with Gasteiger partial charge in [-0.05, 0) is 56.1 Å². The molecule has 4 nitrogen and oxygen atoms in total. The Morgan fingerprint density at radius 2 is 1.16 bits per heavy atom. The zero-order valence-electron chi connectivity index (χ0n) is 8.95. The molecule has 0 fully saturated rings. The topological polar surface area (TPSA) is 74.6 Å². The van der Waals surface area contributed by atoms with E-state index in [1.54, 1.807) is 24.3 Å². The summed E-state index contributed by atoms with van der Waals surface area (Å²) in [5.74, 6) is -1.74. The molecule has 0 aromatic carbocycles. The fourth-order valence-electron chi connectivity index (χ4n) is 0.858.